The summed E-state index contributed by atoms with van der Waals surface area (Å²) in [5, 5.41) is 7.92. The van der Waals surface area contributed by atoms with Crippen LogP contribution in [0.3, 0.4) is 0 Å². The van der Waals surface area contributed by atoms with Gasteiger partial charge in [-0.1, -0.05) is 23.7 Å². The van der Waals surface area contributed by atoms with Gasteiger partial charge in [0.1, 0.15) is 17.3 Å². The van der Waals surface area contributed by atoms with Crippen molar-refractivity contribution in [2.45, 2.75) is 78.6 Å². The molecule has 1 fully saturated rings. The van der Waals surface area contributed by atoms with Gasteiger partial charge in [-0.25, -0.2) is 18.2 Å². The number of rotatable bonds is 7. The summed E-state index contributed by atoms with van der Waals surface area (Å²) in [6.07, 6.45) is 2.02. The van der Waals surface area contributed by atoms with Crippen molar-refractivity contribution < 1.29 is 13.2 Å². The van der Waals surface area contributed by atoms with E-state index in [1.165, 1.54) is 19.9 Å². The molecule has 3 heterocycles. The molecule has 1 saturated heterocycles. The van der Waals surface area contributed by atoms with Crippen molar-refractivity contribution in [1.82, 2.24) is 19.7 Å². The average Bonchev–Trinajstić information content (AvgIpc) is 3.20. The number of piperidine rings is 1. The monoisotopic (exact) mass is 547 g/mol. The van der Waals surface area contributed by atoms with Gasteiger partial charge in [-0.15, -0.1) is 0 Å². The number of aryl methyl sites for hydroxylation is 1. The van der Waals surface area contributed by atoms with Crippen molar-refractivity contribution in [3.8, 4) is 0 Å². The summed E-state index contributed by atoms with van der Waals surface area (Å²) < 4.78 is 46.8. The maximum Gasteiger partial charge on any atom is 0.153 e. The van der Waals surface area contributed by atoms with Crippen LogP contribution in [0.15, 0.2) is 30.3 Å². The Morgan fingerprint density at radius 1 is 1.03 bits per heavy atom. The van der Waals surface area contributed by atoms with Crippen LogP contribution in [0, 0.1) is 24.5 Å². The van der Waals surface area contributed by atoms with Crippen molar-refractivity contribution in [3.05, 3.63) is 69.5 Å². The molecule has 206 valence electrons. The van der Waals surface area contributed by atoms with Crippen LogP contribution >= 0.6 is 11.6 Å². The number of alkyl halides is 1. The zero-order chi connectivity index (χ0) is 27.8. The lowest BCUT2D eigenvalue weighted by molar-refractivity contribution is 0.173. The number of halogens is 4. The van der Waals surface area contributed by atoms with E-state index in [0.29, 0.717) is 30.2 Å². The molecular formula is C29H37ClF3N5. The van der Waals surface area contributed by atoms with E-state index in [1.54, 1.807) is 18.2 Å². The minimum absolute atomic E-state index is 0.0224. The van der Waals surface area contributed by atoms with Crippen LogP contribution < -0.4 is 5.32 Å². The van der Waals surface area contributed by atoms with Gasteiger partial charge in [-0.2, -0.15) is 5.10 Å². The molecule has 0 atom stereocenters. The molecule has 0 radical (unpaired) electrons. The second-order valence-corrected chi connectivity index (χ2v) is 12.2. The lowest BCUT2D eigenvalue weighted by Gasteiger charge is -2.32. The molecule has 3 aromatic rings. The van der Waals surface area contributed by atoms with E-state index in [2.05, 4.69) is 41.1 Å². The molecule has 0 saturated carbocycles. The maximum absolute atomic E-state index is 15.5. The topological polar surface area (TPSA) is 46.0 Å². The Balaban J connectivity index is 1.50. The number of nitrogens with zero attached hydrogens (tertiary/aromatic N) is 4. The van der Waals surface area contributed by atoms with Gasteiger partial charge < -0.3 is 5.32 Å². The summed E-state index contributed by atoms with van der Waals surface area (Å²) in [5.74, 6) is 0.158. The Bertz CT molecular complexity index is 1280. The molecule has 1 N–H and O–H groups in total. The van der Waals surface area contributed by atoms with Crippen LogP contribution in [0.2, 0.25) is 5.02 Å². The summed E-state index contributed by atoms with van der Waals surface area (Å²) in [7, 11) is 0. The minimum Gasteiger partial charge on any atom is -0.323 e. The van der Waals surface area contributed by atoms with Crippen LogP contribution in [-0.4, -0.2) is 32.8 Å². The van der Waals surface area contributed by atoms with Gasteiger partial charge in [-0.05, 0) is 91.9 Å². The SMILES string of the molecule is Cc1cc(Nc2cc(C(C)(C)F)c(F)c(CC3CCN(Cc4cccc(Cl)c4F)CC3)n2)nn1C(C)(C)C. The highest BCUT2D eigenvalue weighted by Gasteiger charge is 2.29. The predicted octanol–water partition coefficient (Wildman–Crippen LogP) is 7.68. The molecule has 9 heteroatoms. The zero-order valence-corrected chi connectivity index (χ0v) is 23.8. The fourth-order valence-electron chi connectivity index (χ4n) is 5.09. The summed E-state index contributed by atoms with van der Waals surface area (Å²) >= 11 is 5.92. The maximum atomic E-state index is 15.5. The average molecular weight is 548 g/mol. The van der Waals surface area contributed by atoms with E-state index >= 15 is 8.78 Å². The number of likely N-dealkylation sites (tertiary alicyclic amines) is 1. The lowest BCUT2D eigenvalue weighted by atomic mass is 9.90. The first-order chi connectivity index (χ1) is 17.7. The smallest absolute Gasteiger partial charge is 0.153 e. The second kappa shape index (κ2) is 10.9. The predicted molar refractivity (Wildman–Crippen MR) is 147 cm³/mol. The number of anilines is 2. The minimum atomic E-state index is -1.87. The standard InChI is InChI=1S/C29H37ClF3N5/c1-18-14-25(36-38(18)28(2,3)4)35-24-16-21(29(5,6)33)27(32)23(34-24)15-19-10-12-37(13-11-19)17-20-8-7-9-22(30)26(20)31/h7-9,14,16,19H,10-13,15,17H2,1-6H3,(H,34,35,36). The van der Waals surface area contributed by atoms with Gasteiger partial charge in [0.15, 0.2) is 11.6 Å². The molecule has 5 nitrogen and oxygen atoms in total. The number of aromatic nitrogens is 3. The van der Waals surface area contributed by atoms with Crippen LogP contribution in [0.5, 0.6) is 0 Å². The first-order valence-corrected chi connectivity index (χ1v) is 13.5. The summed E-state index contributed by atoms with van der Waals surface area (Å²) in [4.78, 5) is 6.74. The van der Waals surface area contributed by atoms with Crippen LogP contribution in [0.1, 0.15) is 70.0 Å². The third-order valence-corrected chi connectivity index (χ3v) is 7.35. The second-order valence-electron chi connectivity index (χ2n) is 11.8. The first kappa shape index (κ1) is 28.4. The molecular weight excluding hydrogens is 511 g/mol. The highest BCUT2D eigenvalue weighted by atomic mass is 35.5. The molecule has 1 aliphatic rings. The van der Waals surface area contributed by atoms with E-state index in [9.17, 15) is 4.39 Å². The molecule has 1 aromatic carbocycles. The summed E-state index contributed by atoms with van der Waals surface area (Å²) in [6.45, 7) is 12.8. The van der Waals surface area contributed by atoms with E-state index < -0.39 is 11.5 Å². The van der Waals surface area contributed by atoms with Crippen molar-refractivity contribution in [1.29, 1.82) is 0 Å². The number of hydrogen-bond acceptors (Lipinski definition) is 4. The summed E-state index contributed by atoms with van der Waals surface area (Å²) in [5.41, 5.74) is -0.305. The Morgan fingerprint density at radius 3 is 2.32 bits per heavy atom. The van der Waals surface area contributed by atoms with Gasteiger partial charge >= 0.3 is 0 Å². The number of benzene rings is 1. The first-order valence-electron chi connectivity index (χ1n) is 13.1. The van der Waals surface area contributed by atoms with Crippen LogP contribution in [-0.2, 0) is 24.2 Å². The lowest BCUT2D eigenvalue weighted by Crippen LogP contribution is -2.34. The normalized spacial score (nSPS) is 15.7. The van der Waals surface area contributed by atoms with Crippen molar-refractivity contribution in [2.75, 3.05) is 18.4 Å². The molecule has 2 aromatic heterocycles. The summed E-state index contributed by atoms with van der Waals surface area (Å²) in [6, 6.07) is 8.38. The van der Waals surface area contributed by atoms with Crippen LogP contribution in [0.4, 0.5) is 24.8 Å². The molecule has 38 heavy (non-hydrogen) atoms. The number of nitrogens with one attached hydrogen (secondary N) is 1. The van der Waals surface area contributed by atoms with Gasteiger partial charge in [0.2, 0.25) is 0 Å². The number of hydrogen-bond donors (Lipinski definition) is 1. The molecule has 4 rings (SSSR count). The van der Waals surface area contributed by atoms with Gasteiger partial charge in [0.05, 0.1) is 16.3 Å². The quantitative estimate of drug-likeness (QED) is 0.329. The van der Waals surface area contributed by atoms with Crippen LogP contribution in [0.25, 0.3) is 0 Å². The van der Waals surface area contributed by atoms with Gasteiger partial charge in [-0.3, -0.25) is 9.58 Å². The van der Waals surface area contributed by atoms with E-state index in [1.807, 2.05) is 17.7 Å². The zero-order valence-electron chi connectivity index (χ0n) is 23.0. The fraction of sp³-hybridized carbons (Fsp3) is 0.517. The molecule has 0 aliphatic carbocycles. The molecule has 0 unspecified atom stereocenters. The molecule has 1 aliphatic heterocycles. The Morgan fingerprint density at radius 2 is 1.71 bits per heavy atom. The largest absolute Gasteiger partial charge is 0.323 e. The van der Waals surface area contributed by atoms with Crippen molar-refractivity contribution >= 4 is 23.2 Å². The molecule has 0 spiro atoms. The van der Waals surface area contributed by atoms with Crippen molar-refractivity contribution in [3.63, 3.8) is 0 Å². The number of pyridine rings is 1. The van der Waals surface area contributed by atoms with Crippen molar-refractivity contribution in [2.24, 2.45) is 5.92 Å². The van der Waals surface area contributed by atoms with Gasteiger partial charge in [0, 0.05) is 29.4 Å². The third kappa shape index (κ3) is 6.52. The van der Waals surface area contributed by atoms with E-state index in [4.69, 9.17) is 11.6 Å². The Kier molecular flexibility index (Phi) is 8.15. The Labute approximate surface area is 228 Å². The van der Waals surface area contributed by atoms with E-state index in [0.717, 1.165) is 31.6 Å². The third-order valence-electron chi connectivity index (χ3n) is 7.06. The molecule has 0 amide bonds. The van der Waals surface area contributed by atoms with Gasteiger partial charge in [0.25, 0.3) is 0 Å². The molecule has 0 bridgehead atoms. The van der Waals surface area contributed by atoms with E-state index in [-0.39, 0.29) is 33.6 Å². The fourth-order valence-corrected chi connectivity index (χ4v) is 5.29. The highest BCUT2D eigenvalue weighted by molar-refractivity contribution is 6.30. The Hall–Kier alpha value is -2.58. The highest BCUT2D eigenvalue weighted by Crippen LogP contribution is 2.33.